The number of rotatable bonds is 5. The van der Waals surface area contributed by atoms with Crippen LogP contribution in [-0.4, -0.2) is 10.8 Å². The molecule has 2 aromatic carbocycles. The third kappa shape index (κ3) is 3.90. The monoisotopic (exact) mass is 506 g/mol. The summed E-state index contributed by atoms with van der Waals surface area (Å²) in [5, 5.41) is 3.30. The fraction of sp³-hybridized carbons (Fsp3) is 0.0952. The minimum absolute atomic E-state index is 0.0451. The normalized spacial score (nSPS) is 13.0. The maximum absolute atomic E-state index is 13.0. The minimum Gasteiger partial charge on any atom is -0.354 e. The summed E-state index contributed by atoms with van der Waals surface area (Å²) in [4.78, 5) is 15.9. The van der Waals surface area contributed by atoms with E-state index in [-0.39, 0.29) is 5.91 Å². The third-order valence-corrected chi connectivity index (χ3v) is 6.47. The number of carbonyl (C=O) groups is 1. The van der Waals surface area contributed by atoms with E-state index in [1.807, 2.05) is 35.2 Å². The molecule has 0 unspecified atom stereocenters. The van der Waals surface area contributed by atoms with Crippen molar-refractivity contribution in [2.75, 3.05) is 5.32 Å². The highest BCUT2D eigenvalue weighted by atomic mass is 127. The Labute approximate surface area is 180 Å². The maximum Gasteiger partial charge on any atom is 0.256 e. The SMILES string of the molecule is C=C(Nc1cccc2c1C(=O)N(Cc1ccc(I)cc1)C2)c1ccc(Cl)s1. The molecule has 0 atom stereocenters. The Morgan fingerprint density at radius 1 is 1.19 bits per heavy atom. The van der Waals surface area contributed by atoms with Crippen molar-refractivity contribution in [3.63, 3.8) is 0 Å². The van der Waals surface area contributed by atoms with Gasteiger partial charge in [0, 0.05) is 22.4 Å². The van der Waals surface area contributed by atoms with E-state index in [1.54, 1.807) is 0 Å². The quantitative estimate of drug-likeness (QED) is 0.415. The second kappa shape index (κ2) is 7.66. The predicted octanol–water partition coefficient (Wildman–Crippen LogP) is 6.24. The first kappa shape index (κ1) is 18.5. The average molecular weight is 507 g/mol. The fourth-order valence-electron chi connectivity index (χ4n) is 3.16. The van der Waals surface area contributed by atoms with Crippen LogP contribution in [0.15, 0.2) is 61.2 Å². The molecule has 4 rings (SSSR count). The lowest BCUT2D eigenvalue weighted by molar-refractivity contribution is 0.0767. The predicted molar refractivity (Wildman–Crippen MR) is 121 cm³/mol. The van der Waals surface area contributed by atoms with E-state index in [2.05, 4.69) is 58.8 Å². The maximum atomic E-state index is 13.0. The van der Waals surface area contributed by atoms with Crippen molar-refractivity contribution in [1.29, 1.82) is 0 Å². The molecule has 3 aromatic rings. The summed E-state index contributed by atoms with van der Waals surface area (Å²) in [6.45, 7) is 5.31. The summed E-state index contributed by atoms with van der Waals surface area (Å²) in [6.07, 6.45) is 0. The van der Waals surface area contributed by atoms with Gasteiger partial charge in [0.15, 0.2) is 0 Å². The molecule has 6 heteroatoms. The number of hydrogen-bond acceptors (Lipinski definition) is 3. The van der Waals surface area contributed by atoms with Gasteiger partial charge in [-0.3, -0.25) is 4.79 Å². The van der Waals surface area contributed by atoms with Gasteiger partial charge < -0.3 is 10.2 Å². The largest absolute Gasteiger partial charge is 0.354 e. The number of nitrogens with zero attached hydrogens (tertiary/aromatic N) is 1. The molecule has 136 valence electrons. The molecule has 0 saturated heterocycles. The van der Waals surface area contributed by atoms with Gasteiger partial charge >= 0.3 is 0 Å². The number of thiophene rings is 1. The molecule has 0 radical (unpaired) electrons. The van der Waals surface area contributed by atoms with Crippen molar-refractivity contribution < 1.29 is 4.79 Å². The Morgan fingerprint density at radius 3 is 2.67 bits per heavy atom. The zero-order valence-corrected chi connectivity index (χ0v) is 18.1. The highest BCUT2D eigenvalue weighted by Gasteiger charge is 2.30. The molecule has 1 N–H and O–H groups in total. The van der Waals surface area contributed by atoms with Gasteiger partial charge in [0.2, 0.25) is 0 Å². The van der Waals surface area contributed by atoms with Gasteiger partial charge in [0.25, 0.3) is 5.91 Å². The van der Waals surface area contributed by atoms with E-state index in [0.717, 1.165) is 33.0 Å². The smallest absolute Gasteiger partial charge is 0.256 e. The summed E-state index contributed by atoms with van der Waals surface area (Å²) in [5.74, 6) is 0.0451. The van der Waals surface area contributed by atoms with Crippen molar-refractivity contribution in [2.45, 2.75) is 13.1 Å². The van der Waals surface area contributed by atoms with Gasteiger partial charge in [0.1, 0.15) is 0 Å². The highest BCUT2D eigenvalue weighted by molar-refractivity contribution is 14.1. The molecule has 0 aliphatic carbocycles. The minimum atomic E-state index is 0.0451. The Hall–Kier alpha value is -1.83. The third-order valence-electron chi connectivity index (χ3n) is 4.46. The zero-order valence-electron chi connectivity index (χ0n) is 14.3. The van der Waals surface area contributed by atoms with Gasteiger partial charge in [-0.05, 0) is 64.0 Å². The van der Waals surface area contributed by atoms with Gasteiger partial charge in [-0.2, -0.15) is 0 Å². The Morgan fingerprint density at radius 2 is 1.96 bits per heavy atom. The molecule has 1 aliphatic heterocycles. The van der Waals surface area contributed by atoms with E-state index < -0.39 is 0 Å². The van der Waals surface area contributed by atoms with Crippen LogP contribution in [0.5, 0.6) is 0 Å². The second-order valence-electron chi connectivity index (χ2n) is 6.33. The number of halogens is 2. The molecule has 0 spiro atoms. The molecule has 2 heterocycles. The van der Waals surface area contributed by atoms with E-state index in [4.69, 9.17) is 11.6 Å². The highest BCUT2D eigenvalue weighted by Crippen LogP contribution is 2.33. The van der Waals surface area contributed by atoms with E-state index >= 15 is 0 Å². The van der Waals surface area contributed by atoms with Crippen molar-refractivity contribution >= 4 is 62.8 Å². The van der Waals surface area contributed by atoms with Crippen molar-refractivity contribution in [2.24, 2.45) is 0 Å². The van der Waals surface area contributed by atoms with Crippen LogP contribution < -0.4 is 5.32 Å². The summed E-state index contributed by atoms with van der Waals surface area (Å²) < 4.78 is 1.90. The lowest BCUT2D eigenvalue weighted by Gasteiger charge is -2.16. The van der Waals surface area contributed by atoms with Gasteiger partial charge in [0.05, 0.1) is 20.5 Å². The van der Waals surface area contributed by atoms with E-state index in [0.29, 0.717) is 17.4 Å². The lowest BCUT2D eigenvalue weighted by atomic mass is 10.1. The number of anilines is 1. The molecule has 1 aromatic heterocycles. The fourth-order valence-corrected chi connectivity index (χ4v) is 4.49. The Kier molecular flexibility index (Phi) is 5.25. The summed E-state index contributed by atoms with van der Waals surface area (Å²) >= 11 is 9.76. The van der Waals surface area contributed by atoms with E-state index in [1.165, 1.54) is 14.9 Å². The van der Waals surface area contributed by atoms with Crippen LogP contribution in [-0.2, 0) is 13.1 Å². The van der Waals surface area contributed by atoms with Crippen molar-refractivity contribution in [1.82, 2.24) is 4.90 Å². The Bertz CT molecular complexity index is 1030. The first-order chi connectivity index (χ1) is 13.0. The molecule has 0 fully saturated rings. The van der Waals surface area contributed by atoms with Crippen LogP contribution >= 0.6 is 45.5 Å². The second-order valence-corrected chi connectivity index (χ2v) is 9.30. The standard InChI is InChI=1S/C21H16ClIN2OS/c1-13(18-9-10-19(22)27-18)24-17-4-2-3-15-12-25(21(26)20(15)17)11-14-5-7-16(23)8-6-14/h2-10,24H,1,11-12H2. The summed E-state index contributed by atoms with van der Waals surface area (Å²) in [6, 6.07) is 17.9. The molecule has 0 saturated carbocycles. The van der Waals surface area contributed by atoms with Gasteiger partial charge in [-0.15, -0.1) is 11.3 Å². The van der Waals surface area contributed by atoms with E-state index in [9.17, 15) is 4.79 Å². The van der Waals surface area contributed by atoms with Crippen molar-refractivity contribution in [3.05, 3.63) is 90.7 Å². The molecule has 1 aliphatic rings. The summed E-state index contributed by atoms with van der Waals surface area (Å²) in [7, 11) is 0. The van der Waals surface area contributed by atoms with Crippen LogP contribution in [0.2, 0.25) is 4.34 Å². The van der Waals surface area contributed by atoms with Gasteiger partial charge in [-0.25, -0.2) is 0 Å². The number of benzene rings is 2. The number of fused-ring (bicyclic) bond motifs is 1. The van der Waals surface area contributed by atoms with Gasteiger partial charge in [-0.1, -0.05) is 42.4 Å². The lowest BCUT2D eigenvalue weighted by Crippen LogP contribution is -2.23. The van der Waals surface area contributed by atoms with Crippen molar-refractivity contribution in [3.8, 4) is 0 Å². The van der Waals surface area contributed by atoms with Crippen LogP contribution in [0.1, 0.15) is 26.4 Å². The number of amides is 1. The van der Waals surface area contributed by atoms with Crippen LogP contribution in [0.4, 0.5) is 5.69 Å². The first-order valence-corrected chi connectivity index (χ1v) is 10.7. The Balaban J connectivity index is 1.56. The molecular weight excluding hydrogens is 491 g/mol. The van der Waals surface area contributed by atoms with Crippen LogP contribution in [0.25, 0.3) is 5.70 Å². The average Bonchev–Trinajstić information content (AvgIpc) is 3.22. The summed E-state index contributed by atoms with van der Waals surface area (Å²) in [5.41, 5.74) is 4.42. The number of nitrogens with one attached hydrogen (secondary N) is 1. The molecular formula is C21H16ClIN2OS. The molecule has 27 heavy (non-hydrogen) atoms. The number of carbonyl (C=O) groups excluding carboxylic acids is 1. The van der Waals surface area contributed by atoms with Crippen LogP contribution in [0.3, 0.4) is 0 Å². The van der Waals surface area contributed by atoms with Crippen LogP contribution in [0, 0.1) is 3.57 Å². The molecule has 3 nitrogen and oxygen atoms in total. The topological polar surface area (TPSA) is 32.3 Å². The molecule has 0 bridgehead atoms. The molecule has 1 amide bonds. The zero-order chi connectivity index (χ0) is 19.0. The number of hydrogen-bond donors (Lipinski definition) is 1. The first-order valence-electron chi connectivity index (χ1n) is 8.38.